The predicted molar refractivity (Wildman–Crippen MR) is 54.8 cm³/mol. The van der Waals surface area contributed by atoms with Gasteiger partial charge in [0.1, 0.15) is 6.04 Å². The molecular formula is C10H17N3O2. The maximum absolute atomic E-state index is 11.8. The molecule has 1 aliphatic rings. The van der Waals surface area contributed by atoms with E-state index in [4.69, 9.17) is 15.7 Å². The van der Waals surface area contributed by atoms with Crippen LogP contribution in [-0.4, -0.2) is 43.2 Å². The molecule has 1 atom stereocenters. The van der Waals surface area contributed by atoms with E-state index in [1.807, 2.05) is 6.07 Å². The van der Waals surface area contributed by atoms with Crippen LogP contribution in [0.5, 0.6) is 0 Å². The average Bonchev–Trinajstić information content (AvgIpc) is 3.02. The minimum absolute atomic E-state index is 0.102. The van der Waals surface area contributed by atoms with Crippen molar-refractivity contribution in [3.05, 3.63) is 0 Å². The van der Waals surface area contributed by atoms with Crippen molar-refractivity contribution < 1.29 is 9.53 Å². The average molecular weight is 211 g/mol. The van der Waals surface area contributed by atoms with Crippen molar-refractivity contribution in [2.75, 3.05) is 20.3 Å². The van der Waals surface area contributed by atoms with Crippen LogP contribution in [0, 0.1) is 11.3 Å². The summed E-state index contributed by atoms with van der Waals surface area (Å²) in [6.07, 6.45) is 2.41. The van der Waals surface area contributed by atoms with E-state index in [1.54, 1.807) is 4.90 Å². The normalized spacial score (nSPS) is 16.9. The van der Waals surface area contributed by atoms with Gasteiger partial charge >= 0.3 is 0 Å². The lowest BCUT2D eigenvalue weighted by Gasteiger charge is -2.24. The molecule has 1 amide bonds. The van der Waals surface area contributed by atoms with Crippen molar-refractivity contribution in [2.45, 2.75) is 31.3 Å². The molecule has 0 radical (unpaired) electrons. The molecule has 0 spiro atoms. The molecule has 0 bridgehead atoms. The molecule has 5 heteroatoms. The predicted octanol–water partition coefficient (Wildman–Crippen LogP) is -0.135. The van der Waals surface area contributed by atoms with Crippen molar-refractivity contribution in [3.8, 4) is 6.07 Å². The van der Waals surface area contributed by atoms with Gasteiger partial charge in [-0.2, -0.15) is 5.26 Å². The molecule has 1 fully saturated rings. The van der Waals surface area contributed by atoms with Gasteiger partial charge in [0, 0.05) is 19.7 Å². The lowest BCUT2D eigenvalue weighted by atomic mass is 10.2. The minimum atomic E-state index is -0.603. The number of nitriles is 1. The van der Waals surface area contributed by atoms with Gasteiger partial charge in [0.2, 0.25) is 5.91 Å². The summed E-state index contributed by atoms with van der Waals surface area (Å²) in [5.41, 5.74) is 5.67. The molecule has 0 aromatic rings. The molecule has 0 saturated heterocycles. The van der Waals surface area contributed by atoms with Crippen LogP contribution in [0.2, 0.25) is 0 Å². The van der Waals surface area contributed by atoms with Gasteiger partial charge in [0.15, 0.2) is 0 Å². The highest BCUT2D eigenvalue weighted by Crippen LogP contribution is 2.27. The van der Waals surface area contributed by atoms with Crippen LogP contribution in [0.4, 0.5) is 0 Å². The largest absolute Gasteiger partial charge is 0.383 e. The zero-order valence-corrected chi connectivity index (χ0v) is 8.98. The number of amides is 1. The molecule has 0 aliphatic heterocycles. The van der Waals surface area contributed by atoms with Crippen LogP contribution in [0.3, 0.4) is 0 Å². The fourth-order valence-corrected chi connectivity index (χ4v) is 1.49. The molecule has 0 heterocycles. The van der Waals surface area contributed by atoms with Crippen LogP contribution < -0.4 is 5.73 Å². The van der Waals surface area contributed by atoms with Gasteiger partial charge in [-0.25, -0.2) is 0 Å². The van der Waals surface area contributed by atoms with Crippen molar-refractivity contribution in [3.63, 3.8) is 0 Å². The Morgan fingerprint density at radius 1 is 1.73 bits per heavy atom. The van der Waals surface area contributed by atoms with Gasteiger partial charge in [-0.15, -0.1) is 0 Å². The Morgan fingerprint density at radius 3 is 2.87 bits per heavy atom. The van der Waals surface area contributed by atoms with Crippen LogP contribution in [-0.2, 0) is 9.53 Å². The molecule has 1 saturated carbocycles. The second kappa shape index (κ2) is 5.69. The van der Waals surface area contributed by atoms with Gasteiger partial charge in [0.25, 0.3) is 0 Å². The number of carbonyl (C=O) groups excluding carboxylic acids is 1. The van der Waals surface area contributed by atoms with E-state index in [9.17, 15) is 4.79 Å². The van der Waals surface area contributed by atoms with Crippen LogP contribution in [0.25, 0.3) is 0 Å². The summed E-state index contributed by atoms with van der Waals surface area (Å²) in [4.78, 5) is 13.5. The Kier molecular flexibility index (Phi) is 4.53. The van der Waals surface area contributed by atoms with E-state index in [2.05, 4.69) is 0 Å². The summed E-state index contributed by atoms with van der Waals surface area (Å²) in [6.45, 7) is 0.714. The van der Waals surface area contributed by atoms with Crippen molar-refractivity contribution in [1.29, 1.82) is 5.26 Å². The summed E-state index contributed by atoms with van der Waals surface area (Å²) in [6, 6.07) is 1.74. The summed E-state index contributed by atoms with van der Waals surface area (Å²) in [5, 5.41) is 8.50. The summed E-state index contributed by atoms with van der Waals surface area (Å²) in [5.74, 6) is -0.102. The summed E-state index contributed by atoms with van der Waals surface area (Å²) in [7, 11) is 1.52. The van der Waals surface area contributed by atoms with Crippen LogP contribution in [0.1, 0.15) is 19.3 Å². The first-order chi connectivity index (χ1) is 7.20. The van der Waals surface area contributed by atoms with Gasteiger partial charge in [-0.3, -0.25) is 4.79 Å². The minimum Gasteiger partial charge on any atom is -0.383 e. The first kappa shape index (κ1) is 12.0. The van der Waals surface area contributed by atoms with E-state index >= 15 is 0 Å². The molecule has 0 aromatic heterocycles. The lowest BCUT2D eigenvalue weighted by molar-refractivity contribution is -0.134. The third-order valence-corrected chi connectivity index (χ3v) is 2.40. The highest BCUT2D eigenvalue weighted by molar-refractivity contribution is 5.82. The Morgan fingerprint density at radius 2 is 2.40 bits per heavy atom. The maximum Gasteiger partial charge on any atom is 0.242 e. The molecule has 1 unspecified atom stereocenters. The van der Waals surface area contributed by atoms with E-state index in [-0.39, 0.29) is 12.5 Å². The molecule has 5 nitrogen and oxygen atoms in total. The molecule has 2 N–H and O–H groups in total. The highest BCUT2D eigenvalue weighted by atomic mass is 16.5. The quantitative estimate of drug-likeness (QED) is 0.663. The van der Waals surface area contributed by atoms with Gasteiger partial charge in [-0.05, 0) is 12.8 Å². The Hall–Kier alpha value is -1.12. The molecule has 84 valence electrons. The third-order valence-electron chi connectivity index (χ3n) is 2.40. The summed E-state index contributed by atoms with van der Waals surface area (Å²) < 4.78 is 4.84. The zero-order chi connectivity index (χ0) is 11.3. The zero-order valence-electron chi connectivity index (χ0n) is 8.98. The SMILES string of the molecule is COCC(N)C(=O)N(CCC#N)C1CC1. The standard InChI is InChI=1S/C10H17N3O2/c1-15-7-9(12)10(14)13(6-2-5-11)8-3-4-8/h8-9H,2-4,6-7,12H2,1H3. The number of rotatable bonds is 6. The number of carbonyl (C=O) groups is 1. The molecule has 1 rings (SSSR count). The van der Waals surface area contributed by atoms with Crippen molar-refractivity contribution in [2.24, 2.45) is 5.73 Å². The van der Waals surface area contributed by atoms with Crippen molar-refractivity contribution in [1.82, 2.24) is 4.90 Å². The van der Waals surface area contributed by atoms with E-state index in [1.165, 1.54) is 7.11 Å². The number of hydrogen-bond donors (Lipinski definition) is 1. The topological polar surface area (TPSA) is 79.3 Å². The van der Waals surface area contributed by atoms with Crippen LogP contribution >= 0.6 is 0 Å². The second-order valence-electron chi connectivity index (χ2n) is 3.73. The van der Waals surface area contributed by atoms with Gasteiger partial charge in [0.05, 0.1) is 19.1 Å². The smallest absolute Gasteiger partial charge is 0.242 e. The second-order valence-corrected chi connectivity index (χ2v) is 3.73. The molecular weight excluding hydrogens is 194 g/mol. The number of nitrogens with zero attached hydrogens (tertiary/aromatic N) is 2. The van der Waals surface area contributed by atoms with E-state index in [0.717, 1.165) is 12.8 Å². The van der Waals surface area contributed by atoms with Gasteiger partial charge in [-0.1, -0.05) is 0 Å². The summed E-state index contributed by atoms with van der Waals surface area (Å²) >= 11 is 0. The number of nitrogens with two attached hydrogens (primary N) is 1. The number of methoxy groups -OCH3 is 1. The number of ether oxygens (including phenoxy) is 1. The van der Waals surface area contributed by atoms with Crippen LogP contribution in [0.15, 0.2) is 0 Å². The first-order valence-corrected chi connectivity index (χ1v) is 5.12. The fraction of sp³-hybridized carbons (Fsp3) is 0.800. The highest BCUT2D eigenvalue weighted by Gasteiger charge is 2.34. The molecule has 0 aromatic carbocycles. The third kappa shape index (κ3) is 3.50. The Bertz CT molecular complexity index is 258. The molecule has 15 heavy (non-hydrogen) atoms. The lowest BCUT2D eigenvalue weighted by Crippen LogP contribution is -2.47. The van der Waals surface area contributed by atoms with Crippen molar-refractivity contribution >= 4 is 5.91 Å². The monoisotopic (exact) mass is 211 g/mol. The maximum atomic E-state index is 11.8. The number of hydrogen-bond acceptors (Lipinski definition) is 4. The fourth-order valence-electron chi connectivity index (χ4n) is 1.49. The first-order valence-electron chi connectivity index (χ1n) is 5.12. The Balaban J connectivity index is 2.47. The molecule has 1 aliphatic carbocycles. The van der Waals surface area contributed by atoms with E-state index in [0.29, 0.717) is 19.0 Å². The van der Waals surface area contributed by atoms with E-state index < -0.39 is 6.04 Å². The van der Waals surface area contributed by atoms with Gasteiger partial charge < -0.3 is 15.4 Å². The Labute approximate surface area is 89.8 Å².